The van der Waals surface area contributed by atoms with E-state index in [-0.39, 0.29) is 0 Å². The molecule has 0 aromatic heterocycles. The van der Waals surface area contributed by atoms with Gasteiger partial charge in [0.1, 0.15) is 0 Å². The first-order chi connectivity index (χ1) is 25.3. The standard InChI is InChI=1S/C50H35N/c1-4-14-36(15-5-1)39-24-28-45(29-25-39)51(50-35-41-20-10-11-21-47(41)48-22-12-13-23-49(48)50)46-30-26-40(27-31-46)44-33-42(37-16-6-2-7-17-37)32-43(34-44)38-18-8-3-9-19-38/h1-35H. The van der Waals surface area contributed by atoms with E-state index in [4.69, 9.17) is 0 Å². The maximum absolute atomic E-state index is 2.41. The molecule has 0 saturated heterocycles. The number of hydrogen-bond acceptors (Lipinski definition) is 1. The lowest BCUT2D eigenvalue weighted by molar-refractivity contribution is 1.30. The highest BCUT2D eigenvalue weighted by molar-refractivity contribution is 6.14. The maximum Gasteiger partial charge on any atom is 0.0546 e. The molecule has 0 bridgehead atoms. The molecule has 51 heavy (non-hydrogen) atoms. The molecule has 0 aliphatic carbocycles. The van der Waals surface area contributed by atoms with Crippen LogP contribution in [0, 0.1) is 0 Å². The van der Waals surface area contributed by atoms with Gasteiger partial charge in [0.25, 0.3) is 0 Å². The molecule has 0 saturated carbocycles. The number of nitrogens with zero attached hydrogens (tertiary/aromatic N) is 1. The van der Waals surface area contributed by atoms with Crippen molar-refractivity contribution in [3.8, 4) is 44.5 Å². The summed E-state index contributed by atoms with van der Waals surface area (Å²) in [7, 11) is 0. The molecule has 0 aliphatic heterocycles. The van der Waals surface area contributed by atoms with Gasteiger partial charge in [0, 0.05) is 16.8 Å². The third kappa shape index (κ3) is 5.96. The molecule has 0 amide bonds. The summed E-state index contributed by atoms with van der Waals surface area (Å²) < 4.78 is 0. The Hall–Kier alpha value is -6.70. The molecule has 0 aliphatic rings. The second-order valence-corrected chi connectivity index (χ2v) is 13.0. The number of fused-ring (bicyclic) bond motifs is 3. The third-order valence-corrected chi connectivity index (χ3v) is 9.83. The van der Waals surface area contributed by atoms with Gasteiger partial charge in [0.15, 0.2) is 0 Å². The fraction of sp³-hybridized carbons (Fsp3) is 0. The van der Waals surface area contributed by atoms with Crippen molar-refractivity contribution in [2.75, 3.05) is 4.90 Å². The van der Waals surface area contributed by atoms with Crippen LogP contribution in [0.25, 0.3) is 66.1 Å². The van der Waals surface area contributed by atoms with Gasteiger partial charge >= 0.3 is 0 Å². The van der Waals surface area contributed by atoms with Gasteiger partial charge in [-0.05, 0) is 109 Å². The lowest BCUT2D eigenvalue weighted by Gasteiger charge is -2.28. The summed E-state index contributed by atoms with van der Waals surface area (Å²) in [4.78, 5) is 2.41. The zero-order valence-electron chi connectivity index (χ0n) is 28.2. The van der Waals surface area contributed by atoms with Crippen molar-refractivity contribution >= 4 is 38.6 Å². The van der Waals surface area contributed by atoms with Crippen molar-refractivity contribution in [1.29, 1.82) is 0 Å². The molecule has 9 aromatic rings. The van der Waals surface area contributed by atoms with Crippen molar-refractivity contribution in [1.82, 2.24) is 0 Å². The van der Waals surface area contributed by atoms with Gasteiger partial charge in [0.05, 0.1) is 5.69 Å². The summed E-state index contributed by atoms with van der Waals surface area (Å²) in [6.45, 7) is 0. The first kappa shape index (κ1) is 30.4. The van der Waals surface area contributed by atoms with Crippen LogP contribution in [-0.4, -0.2) is 0 Å². The Labute approximate surface area is 299 Å². The van der Waals surface area contributed by atoms with E-state index >= 15 is 0 Å². The second kappa shape index (κ2) is 13.3. The van der Waals surface area contributed by atoms with Gasteiger partial charge < -0.3 is 4.90 Å². The summed E-state index contributed by atoms with van der Waals surface area (Å²) in [5.41, 5.74) is 13.0. The molecule has 0 fully saturated rings. The van der Waals surface area contributed by atoms with Crippen molar-refractivity contribution in [2.24, 2.45) is 0 Å². The van der Waals surface area contributed by atoms with Crippen LogP contribution in [0.1, 0.15) is 0 Å². The van der Waals surface area contributed by atoms with Gasteiger partial charge in [0.2, 0.25) is 0 Å². The van der Waals surface area contributed by atoms with Gasteiger partial charge in [-0.2, -0.15) is 0 Å². The minimum absolute atomic E-state index is 1.11. The number of rotatable bonds is 7. The molecule has 9 rings (SSSR count). The van der Waals surface area contributed by atoms with Crippen molar-refractivity contribution in [2.45, 2.75) is 0 Å². The van der Waals surface area contributed by atoms with Crippen molar-refractivity contribution in [3.05, 3.63) is 212 Å². The van der Waals surface area contributed by atoms with Crippen LogP contribution >= 0.6 is 0 Å². The van der Waals surface area contributed by atoms with Gasteiger partial charge in [-0.25, -0.2) is 0 Å². The summed E-state index contributed by atoms with van der Waals surface area (Å²) >= 11 is 0. The highest BCUT2D eigenvalue weighted by Gasteiger charge is 2.18. The lowest BCUT2D eigenvalue weighted by Crippen LogP contribution is -2.10. The summed E-state index contributed by atoms with van der Waals surface area (Å²) in [5.74, 6) is 0. The Kier molecular flexibility index (Phi) is 7.92. The maximum atomic E-state index is 2.41. The van der Waals surface area contributed by atoms with E-state index in [2.05, 4.69) is 217 Å². The first-order valence-electron chi connectivity index (χ1n) is 17.5. The SMILES string of the molecule is c1ccc(-c2ccc(N(c3ccc(-c4cc(-c5ccccc5)cc(-c5ccccc5)c4)cc3)c3cc4ccccc4c4ccccc34)cc2)cc1. The van der Waals surface area contributed by atoms with Crippen LogP contribution in [-0.2, 0) is 0 Å². The number of hydrogen-bond donors (Lipinski definition) is 0. The Morgan fingerprint density at radius 3 is 1.08 bits per heavy atom. The third-order valence-electron chi connectivity index (χ3n) is 9.83. The Bertz CT molecular complexity index is 2530. The van der Waals surface area contributed by atoms with Crippen molar-refractivity contribution < 1.29 is 0 Å². The minimum Gasteiger partial charge on any atom is -0.310 e. The molecule has 1 nitrogen and oxygen atoms in total. The average Bonchev–Trinajstić information content (AvgIpc) is 3.22. The topological polar surface area (TPSA) is 3.24 Å². The minimum atomic E-state index is 1.11. The van der Waals surface area contributed by atoms with Crippen LogP contribution in [0.15, 0.2) is 212 Å². The van der Waals surface area contributed by atoms with E-state index in [1.807, 2.05) is 0 Å². The van der Waals surface area contributed by atoms with Crippen LogP contribution in [0.4, 0.5) is 17.1 Å². The van der Waals surface area contributed by atoms with Crippen molar-refractivity contribution in [3.63, 3.8) is 0 Å². The molecule has 240 valence electrons. The highest BCUT2D eigenvalue weighted by atomic mass is 15.1. The van der Waals surface area contributed by atoms with Gasteiger partial charge in [-0.3, -0.25) is 0 Å². The molecule has 0 spiro atoms. The summed E-state index contributed by atoms with van der Waals surface area (Å²) in [6.07, 6.45) is 0. The average molecular weight is 650 g/mol. The molecule has 0 unspecified atom stereocenters. The van der Waals surface area contributed by atoms with E-state index in [1.54, 1.807) is 0 Å². The fourth-order valence-electron chi connectivity index (χ4n) is 7.27. The Morgan fingerprint density at radius 2 is 0.588 bits per heavy atom. The molecule has 0 heterocycles. The number of anilines is 3. The largest absolute Gasteiger partial charge is 0.310 e. The molecular weight excluding hydrogens is 615 g/mol. The zero-order chi connectivity index (χ0) is 34.0. The molecule has 0 N–H and O–H groups in total. The van der Waals surface area contributed by atoms with Crippen LogP contribution in [0.5, 0.6) is 0 Å². The molecule has 1 heteroatoms. The highest BCUT2D eigenvalue weighted by Crippen LogP contribution is 2.43. The molecule has 0 atom stereocenters. The Balaban J connectivity index is 1.19. The predicted molar refractivity (Wildman–Crippen MR) is 218 cm³/mol. The van der Waals surface area contributed by atoms with Gasteiger partial charge in [-0.1, -0.05) is 164 Å². The van der Waals surface area contributed by atoms with Crippen LogP contribution < -0.4 is 4.90 Å². The van der Waals surface area contributed by atoms with Crippen LogP contribution in [0.3, 0.4) is 0 Å². The zero-order valence-corrected chi connectivity index (χ0v) is 28.2. The fourth-order valence-corrected chi connectivity index (χ4v) is 7.27. The normalized spacial score (nSPS) is 11.1. The Morgan fingerprint density at radius 1 is 0.235 bits per heavy atom. The van der Waals surface area contributed by atoms with Gasteiger partial charge in [-0.15, -0.1) is 0 Å². The quantitative estimate of drug-likeness (QED) is 0.155. The van der Waals surface area contributed by atoms with E-state index < -0.39 is 0 Å². The molecule has 0 radical (unpaired) electrons. The monoisotopic (exact) mass is 649 g/mol. The summed E-state index contributed by atoms with van der Waals surface area (Å²) in [5, 5.41) is 4.95. The second-order valence-electron chi connectivity index (χ2n) is 13.0. The first-order valence-corrected chi connectivity index (χ1v) is 17.5. The van der Waals surface area contributed by atoms with E-state index in [0.717, 1.165) is 17.1 Å². The van der Waals surface area contributed by atoms with E-state index in [0.29, 0.717) is 0 Å². The van der Waals surface area contributed by atoms with E-state index in [9.17, 15) is 0 Å². The smallest absolute Gasteiger partial charge is 0.0546 e. The molecule has 9 aromatic carbocycles. The van der Waals surface area contributed by atoms with E-state index in [1.165, 1.54) is 66.1 Å². The summed E-state index contributed by atoms with van der Waals surface area (Å²) in [6, 6.07) is 76.7. The lowest BCUT2D eigenvalue weighted by atomic mass is 9.93. The predicted octanol–water partition coefficient (Wildman–Crippen LogP) is 14.1. The number of benzene rings is 9. The van der Waals surface area contributed by atoms with Crippen LogP contribution in [0.2, 0.25) is 0 Å². The molecular formula is C50H35N.